The predicted octanol–water partition coefficient (Wildman–Crippen LogP) is 4.05. The van der Waals surface area contributed by atoms with E-state index in [4.69, 9.17) is 16.3 Å². The van der Waals surface area contributed by atoms with Crippen molar-refractivity contribution in [3.05, 3.63) is 58.1 Å². The fourth-order valence-corrected chi connectivity index (χ4v) is 3.28. The number of ether oxygens (including phenoxy) is 1. The van der Waals surface area contributed by atoms with Crippen molar-refractivity contribution in [2.75, 3.05) is 36.5 Å². The number of nitrogens with one attached hydrogen (secondary N) is 1. The number of anilines is 2. The van der Waals surface area contributed by atoms with Crippen molar-refractivity contribution in [1.29, 1.82) is 0 Å². The second-order valence-electron chi connectivity index (χ2n) is 6.01. The van der Waals surface area contributed by atoms with Gasteiger partial charge in [-0.05, 0) is 37.6 Å². The number of hydrogen-bond donors (Lipinski definition) is 1. The van der Waals surface area contributed by atoms with Gasteiger partial charge in [0.15, 0.2) is 0 Å². The van der Waals surface area contributed by atoms with E-state index in [0.29, 0.717) is 23.8 Å². The monoisotopic (exact) mass is 344 g/mol. The van der Waals surface area contributed by atoms with Gasteiger partial charge in [-0.2, -0.15) is 0 Å². The van der Waals surface area contributed by atoms with E-state index in [1.807, 2.05) is 50.2 Å². The highest BCUT2D eigenvalue weighted by atomic mass is 35.5. The van der Waals surface area contributed by atoms with Crippen molar-refractivity contribution in [2.45, 2.75) is 13.8 Å². The van der Waals surface area contributed by atoms with E-state index in [0.717, 1.165) is 35.6 Å². The maximum Gasteiger partial charge on any atom is 0.255 e. The van der Waals surface area contributed by atoms with Gasteiger partial charge >= 0.3 is 0 Å². The van der Waals surface area contributed by atoms with Crippen LogP contribution in [0.5, 0.6) is 0 Å². The average molecular weight is 345 g/mol. The second kappa shape index (κ2) is 7.24. The van der Waals surface area contributed by atoms with Gasteiger partial charge < -0.3 is 15.0 Å². The SMILES string of the molecule is Cc1ccc(C(=O)Nc2cccc(Cl)c2N2CCOCC2)c(C)c1. The summed E-state index contributed by atoms with van der Waals surface area (Å²) < 4.78 is 5.41. The summed E-state index contributed by atoms with van der Waals surface area (Å²) in [7, 11) is 0. The van der Waals surface area contributed by atoms with Crippen LogP contribution in [-0.2, 0) is 4.74 Å². The molecule has 0 radical (unpaired) electrons. The number of amides is 1. The van der Waals surface area contributed by atoms with Crippen LogP contribution in [0.15, 0.2) is 36.4 Å². The first-order valence-corrected chi connectivity index (χ1v) is 8.44. The highest BCUT2D eigenvalue weighted by Crippen LogP contribution is 2.34. The number of halogens is 1. The molecule has 1 N–H and O–H groups in total. The molecule has 24 heavy (non-hydrogen) atoms. The lowest BCUT2D eigenvalue weighted by Crippen LogP contribution is -2.37. The zero-order valence-electron chi connectivity index (χ0n) is 13.9. The minimum atomic E-state index is -0.121. The lowest BCUT2D eigenvalue weighted by molar-refractivity contribution is 0.102. The molecular weight excluding hydrogens is 324 g/mol. The molecule has 126 valence electrons. The lowest BCUT2D eigenvalue weighted by atomic mass is 10.0. The van der Waals surface area contributed by atoms with Crippen LogP contribution in [-0.4, -0.2) is 32.2 Å². The topological polar surface area (TPSA) is 41.6 Å². The molecule has 4 nitrogen and oxygen atoms in total. The third-order valence-corrected chi connectivity index (χ3v) is 4.49. The van der Waals surface area contributed by atoms with Crippen molar-refractivity contribution >= 4 is 28.9 Å². The Balaban J connectivity index is 1.89. The Kier molecular flexibility index (Phi) is 5.07. The number of carbonyl (C=O) groups excluding carboxylic acids is 1. The molecule has 0 bridgehead atoms. The Hall–Kier alpha value is -2.04. The smallest absolute Gasteiger partial charge is 0.255 e. The molecule has 1 fully saturated rings. The molecule has 0 aliphatic carbocycles. The standard InChI is InChI=1S/C19H21ClN2O2/c1-13-6-7-15(14(2)12-13)19(23)21-17-5-3-4-16(20)18(17)22-8-10-24-11-9-22/h3-7,12H,8-11H2,1-2H3,(H,21,23). The molecular formula is C19H21ClN2O2. The number of hydrogen-bond acceptors (Lipinski definition) is 3. The van der Waals surface area contributed by atoms with E-state index in [1.54, 1.807) is 0 Å². The molecule has 0 spiro atoms. The Morgan fingerprint density at radius 1 is 1.17 bits per heavy atom. The van der Waals surface area contributed by atoms with Crippen LogP contribution in [0.25, 0.3) is 0 Å². The summed E-state index contributed by atoms with van der Waals surface area (Å²) in [6.07, 6.45) is 0. The first-order chi connectivity index (χ1) is 11.6. The maximum absolute atomic E-state index is 12.7. The minimum absolute atomic E-state index is 0.121. The summed E-state index contributed by atoms with van der Waals surface area (Å²) in [5, 5.41) is 3.65. The summed E-state index contributed by atoms with van der Waals surface area (Å²) >= 11 is 6.41. The van der Waals surface area contributed by atoms with Gasteiger partial charge in [0, 0.05) is 18.7 Å². The highest BCUT2D eigenvalue weighted by molar-refractivity contribution is 6.34. The van der Waals surface area contributed by atoms with E-state index in [1.165, 1.54) is 0 Å². The van der Waals surface area contributed by atoms with Crippen LogP contribution >= 0.6 is 11.6 Å². The van der Waals surface area contributed by atoms with Crippen LogP contribution in [0, 0.1) is 13.8 Å². The second-order valence-corrected chi connectivity index (χ2v) is 6.42. The van der Waals surface area contributed by atoms with Gasteiger partial charge in [-0.3, -0.25) is 4.79 Å². The molecule has 1 aliphatic heterocycles. The van der Waals surface area contributed by atoms with Crippen LogP contribution in [0.2, 0.25) is 5.02 Å². The van der Waals surface area contributed by atoms with E-state index in [-0.39, 0.29) is 5.91 Å². The highest BCUT2D eigenvalue weighted by Gasteiger charge is 2.19. The number of rotatable bonds is 3. The van der Waals surface area contributed by atoms with E-state index < -0.39 is 0 Å². The number of carbonyl (C=O) groups is 1. The molecule has 1 aliphatic rings. The molecule has 1 amide bonds. The van der Waals surface area contributed by atoms with Gasteiger partial charge in [0.2, 0.25) is 0 Å². The van der Waals surface area contributed by atoms with Gasteiger partial charge in [0.25, 0.3) is 5.91 Å². The average Bonchev–Trinajstić information content (AvgIpc) is 2.55. The number of aryl methyl sites for hydroxylation is 2. The lowest BCUT2D eigenvalue weighted by Gasteiger charge is -2.31. The van der Waals surface area contributed by atoms with E-state index in [9.17, 15) is 4.79 Å². The number of para-hydroxylation sites is 1. The minimum Gasteiger partial charge on any atom is -0.378 e. The summed E-state index contributed by atoms with van der Waals surface area (Å²) in [6, 6.07) is 11.4. The molecule has 3 rings (SSSR count). The molecule has 1 saturated heterocycles. The summed E-state index contributed by atoms with van der Waals surface area (Å²) in [5.74, 6) is -0.121. The third-order valence-electron chi connectivity index (χ3n) is 4.19. The van der Waals surface area contributed by atoms with Crippen LogP contribution in [0.3, 0.4) is 0 Å². The predicted molar refractivity (Wildman–Crippen MR) is 98.4 cm³/mol. The molecule has 0 unspecified atom stereocenters. The zero-order chi connectivity index (χ0) is 17.1. The first-order valence-electron chi connectivity index (χ1n) is 8.06. The van der Waals surface area contributed by atoms with Crippen molar-refractivity contribution < 1.29 is 9.53 Å². The van der Waals surface area contributed by atoms with Gasteiger partial charge in [-0.25, -0.2) is 0 Å². The third kappa shape index (κ3) is 3.55. The normalized spacial score (nSPS) is 14.5. The largest absolute Gasteiger partial charge is 0.378 e. The fraction of sp³-hybridized carbons (Fsp3) is 0.316. The van der Waals surface area contributed by atoms with Gasteiger partial charge in [-0.1, -0.05) is 35.4 Å². The van der Waals surface area contributed by atoms with Crippen LogP contribution in [0.4, 0.5) is 11.4 Å². The Labute approximate surface area is 147 Å². The molecule has 0 saturated carbocycles. The van der Waals surface area contributed by atoms with Crippen molar-refractivity contribution in [3.63, 3.8) is 0 Å². The van der Waals surface area contributed by atoms with E-state index in [2.05, 4.69) is 10.2 Å². The summed E-state index contributed by atoms with van der Waals surface area (Å²) in [6.45, 7) is 6.81. The number of nitrogens with zero attached hydrogens (tertiary/aromatic N) is 1. The molecule has 2 aromatic carbocycles. The van der Waals surface area contributed by atoms with Crippen LogP contribution in [0.1, 0.15) is 21.5 Å². The molecule has 1 heterocycles. The molecule has 0 atom stereocenters. The van der Waals surface area contributed by atoms with Crippen molar-refractivity contribution in [3.8, 4) is 0 Å². The van der Waals surface area contributed by atoms with Crippen molar-refractivity contribution in [1.82, 2.24) is 0 Å². The number of benzene rings is 2. The first kappa shape index (κ1) is 16.8. The Morgan fingerprint density at radius 3 is 2.62 bits per heavy atom. The maximum atomic E-state index is 12.7. The van der Waals surface area contributed by atoms with Crippen molar-refractivity contribution in [2.24, 2.45) is 0 Å². The number of morpholine rings is 1. The fourth-order valence-electron chi connectivity index (χ4n) is 2.98. The van der Waals surface area contributed by atoms with Gasteiger partial charge in [-0.15, -0.1) is 0 Å². The van der Waals surface area contributed by atoms with Gasteiger partial charge in [0.05, 0.1) is 29.6 Å². The molecule has 0 aromatic heterocycles. The van der Waals surface area contributed by atoms with Gasteiger partial charge in [0.1, 0.15) is 0 Å². The summed E-state index contributed by atoms with van der Waals surface area (Å²) in [4.78, 5) is 14.9. The zero-order valence-corrected chi connectivity index (χ0v) is 14.7. The Morgan fingerprint density at radius 2 is 1.92 bits per heavy atom. The quantitative estimate of drug-likeness (QED) is 0.913. The van der Waals surface area contributed by atoms with Crippen LogP contribution < -0.4 is 10.2 Å². The summed E-state index contributed by atoms with van der Waals surface area (Å²) in [5.41, 5.74) is 4.37. The molecule has 2 aromatic rings. The Bertz CT molecular complexity index is 755. The molecule has 5 heteroatoms. The van der Waals surface area contributed by atoms with E-state index >= 15 is 0 Å².